The number of rotatable bonds is 4. The van der Waals surface area contributed by atoms with E-state index in [0.29, 0.717) is 0 Å². The number of hydrogen-bond acceptors (Lipinski definition) is 4. The number of amides is 1. The first-order chi connectivity index (χ1) is 8.77. The molecule has 0 saturated heterocycles. The molecule has 2 N–H and O–H groups in total. The summed E-state index contributed by atoms with van der Waals surface area (Å²) in [5.74, 6) is -0.899. The third-order valence-electron chi connectivity index (χ3n) is 2.83. The maximum Gasteiger partial charge on any atom is 0.313 e. The highest BCUT2D eigenvalue weighted by Gasteiger charge is 2.29. The minimum atomic E-state index is -0.815. The van der Waals surface area contributed by atoms with E-state index in [1.807, 2.05) is 6.92 Å². The molecule has 19 heavy (non-hydrogen) atoms. The van der Waals surface area contributed by atoms with Crippen molar-refractivity contribution in [3.05, 3.63) is 29.3 Å². The quantitative estimate of drug-likeness (QED) is 0.811. The van der Waals surface area contributed by atoms with Gasteiger partial charge in [0.25, 0.3) is 5.91 Å². The van der Waals surface area contributed by atoms with E-state index in [1.165, 1.54) is 13.2 Å². The number of carbonyl (C=O) groups is 2. The predicted octanol–water partition coefficient (Wildman–Crippen LogP) is 1.63. The molecule has 1 aromatic carbocycles. The van der Waals surface area contributed by atoms with Crippen LogP contribution >= 0.6 is 0 Å². The van der Waals surface area contributed by atoms with E-state index in [9.17, 15) is 14.7 Å². The number of hydrogen-bond donors (Lipinski definition) is 2. The highest BCUT2D eigenvalue weighted by molar-refractivity contribution is 5.97. The van der Waals surface area contributed by atoms with Crippen LogP contribution < -0.4 is 5.32 Å². The lowest BCUT2D eigenvalue weighted by atomic mass is 9.93. The molecule has 0 heterocycles. The van der Waals surface area contributed by atoms with Crippen molar-refractivity contribution in [1.82, 2.24) is 5.32 Å². The van der Waals surface area contributed by atoms with E-state index in [0.717, 1.165) is 5.56 Å². The Morgan fingerprint density at radius 1 is 1.37 bits per heavy atom. The summed E-state index contributed by atoms with van der Waals surface area (Å²) in [6.45, 7) is 5.30. The van der Waals surface area contributed by atoms with Crippen LogP contribution in [0.15, 0.2) is 18.2 Å². The second-order valence-electron chi connectivity index (χ2n) is 5.08. The zero-order valence-corrected chi connectivity index (χ0v) is 11.6. The van der Waals surface area contributed by atoms with Gasteiger partial charge in [0.2, 0.25) is 0 Å². The molecule has 1 aromatic rings. The maximum absolute atomic E-state index is 11.9. The summed E-state index contributed by atoms with van der Waals surface area (Å²) in [5, 5.41) is 12.3. The number of benzene rings is 1. The van der Waals surface area contributed by atoms with Crippen LogP contribution in [0.25, 0.3) is 0 Å². The highest BCUT2D eigenvalue weighted by Crippen LogP contribution is 2.19. The molecule has 0 aromatic heterocycles. The van der Waals surface area contributed by atoms with E-state index in [1.54, 1.807) is 26.0 Å². The fourth-order valence-corrected chi connectivity index (χ4v) is 1.58. The molecule has 0 saturated carbocycles. The lowest BCUT2D eigenvalue weighted by molar-refractivity contribution is -0.150. The molecular weight excluding hydrogens is 246 g/mol. The summed E-state index contributed by atoms with van der Waals surface area (Å²) in [4.78, 5) is 23.4. The fourth-order valence-electron chi connectivity index (χ4n) is 1.58. The van der Waals surface area contributed by atoms with E-state index in [-0.39, 0.29) is 17.9 Å². The number of phenols is 1. The van der Waals surface area contributed by atoms with Crippen LogP contribution in [-0.2, 0) is 9.53 Å². The fraction of sp³-hybridized carbons (Fsp3) is 0.429. The summed E-state index contributed by atoms with van der Waals surface area (Å²) in [7, 11) is 1.30. The molecular formula is C14H19NO4. The number of nitrogens with one attached hydrogen (secondary N) is 1. The highest BCUT2D eigenvalue weighted by atomic mass is 16.5. The van der Waals surface area contributed by atoms with Gasteiger partial charge in [-0.05, 0) is 38.5 Å². The van der Waals surface area contributed by atoms with Gasteiger partial charge in [0.15, 0.2) is 0 Å². The Hall–Kier alpha value is -2.04. The number of ether oxygens (including phenoxy) is 1. The Labute approximate surface area is 112 Å². The third-order valence-corrected chi connectivity index (χ3v) is 2.83. The first-order valence-electron chi connectivity index (χ1n) is 5.94. The number of aromatic hydroxyl groups is 1. The number of phenolic OH excluding ortho intramolecular Hbond substituents is 1. The Kier molecular flexibility index (Phi) is 4.53. The number of methoxy groups -OCH3 is 1. The topological polar surface area (TPSA) is 75.6 Å². The van der Waals surface area contributed by atoms with Crippen LogP contribution in [0.2, 0.25) is 0 Å². The summed E-state index contributed by atoms with van der Waals surface area (Å²) in [6, 6.07) is 4.80. The van der Waals surface area contributed by atoms with Gasteiger partial charge in [-0.2, -0.15) is 0 Å². The second-order valence-corrected chi connectivity index (χ2v) is 5.08. The molecule has 5 nitrogen and oxygen atoms in total. The zero-order chi connectivity index (χ0) is 14.6. The van der Waals surface area contributed by atoms with Crippen LogP contribution in [0.3, 0.4) is 0 Å². The SMILES string of the molecule is COC(=O)C(C)(C)CNC(=O)c1ccc(C)cc1O. The van der Waals surface area contributed by atoms with Crippen molar-refractivity contribution in [3.8, 4) is 5.75 Å². The third kappa shape index (κ3) is 3.71. The molecule has 0 aliphatic rings. The summed E-state index contributed by atoms with van der Waals surface area (Å²) >= 11 is 0. The number of carbonyl (C=O) groups excluding carboxylic acids is 2. The molecule has 0 unspecified atom stereocenters. The first kappa shape index (κ1) is 15.0. The first-order valence-corrected chi connectivity index (χ1v) is 5.94. The minimum Gasteiger partial charge on any atom is -0.507 e. The average molecular weight is 265 g/mol. The van der Waals surface area contributed by atoms with E-state index in [2.05, 4.69) is 10.1 Å². The van der Waals surface area contributed by atoms with Gasteiger partial charge < -0.3 is 15.2 Å². The van der Waals surface area contributed by atoms with Gasteiger partial charge in [-0.1, -0.05) is 6.07 Å². The monoisotopic (exact) mass is 265 g/mol. The van der Waals surface area contributed by atoms with Crippen molar-refractivity contribution in [2.24, 2.45) is 5.41 Å². The van der Waals surface area contributed by atoms with Crippen molar-refractivity contribution < 1.29 is 19.4 Å². The van der Waals surface area contributed by atoms with Crippen LogP contribution in [0.4, 0.5) is 0 Å². The van der Waals surface area contributed by atoms with Gasteiger partial charge in [-0.15, -0.1) is 0 Å². The Morgan fingerprint density at radius 2 is 2.00 bits per heavy atom. The van der Waals surface area contributed by atoms with E-state index >= 15 is 0 Å². The molecule has 0 bridgehead atoms. The standard InChI is InChI=1S/C14H19NO4/c1-9-5-6-10(11(16)7-9)12(17)15-8-14(2,3)13(18)19-4/h5-7,16H,8H2,1-4H3,(H,15,17). The minimum absolute atomic E-state index is 0.0756. The summed E-state index contributed by atoms with van der Waals surface area (Å²) < 4.78 is 4.65. The molecule has 0 spiro atoms. The molecule has 104 valence electrons. The predicted molar refractivity (Wildman–Crippen MR) is 71.0 cm³/mol. The molecule has 0 fully saturated rings. The van der Waals surface area contributed by atoms with Crippen LogP contribution in [0, 0.1) is 12.3 Å². The van der Waals surface area contributed by atoms with E-state index < -0.39 is 17.3 Å². The molecule has 0 radical (unpaired) electrons. The molecule has 0 aliphatic carbocycles. The van der Waals surface area contributed by atoms with Crippen molar-refractivity contribution >= 4 is 11.9 Å². The van der Waals surface area contributed by atoms with Gasteiger partial charge in [0.1, 0.15) is 5.75 Å². The summed E-state index contributed by atoms with van der Waals surface area (Å²) in [6.07, 6.45) is 0. The molecule has 1 rings (SSSR count). The Balaban J connectivity index is 2.73. The van der Waals surface area contributed by atoms with Crippen molar-refractivity contribution in [2.45, 2.75) is 20.8 Å². The van der Waals surface area contributed by atoms with E-state index in [4.69, 9.17) is 0 Å². The summed E-state index contributed by atoms with van der Waals surface area (Å²) in [5.41, 5.74) is 0.236. The van der Waals surface area contributed by atoms with Crippen LogP contribution in [0.5, 0.6) is 5.75 Å². The van der Waals surface area contributed by atoms with Crippen LogP contribution in [-0.4, -0.2) is 30.6 Å². The number of esters is 1. The molecule has 0 atom stereocenters. The van der Waals surface area contributed by atoms with Gasteiger partial charge in [-0.3, -0.25) is 9.59 Å². The molecule has 0 aliphatic heterocycles. The Morgan fingerprint density at radius 3 is 2.53 bits per heavy atom. The van der Waals surface area contributed by atoms with Gasteiger partial charge in [-0.25, -0.2) is 0 Å². The van der Waals surface area contributed by atoms with Gasteiger partial charge >= 0.3 is 5.97 Å². The largest absolute Gasteiger partial charge is 0.507 e. The smallest absolute Gasteiger partial charge is 0.313 e. The van der Waals surface area contributed by atoms with Gasteiger partial charge in [0, 0.05) is 6.54 Å². The van der Waals surface area contributed by atoms with Crippen molar-refractivity contribution in [1.29, 1.82) is 0 Å². The second kappa shape index (κ2) is 5.73. The number of aryl methyl sites for hydroxylation is 1. The average Bonchev–Trinajstić information content (AvgIpc) is 2.35. The lowest BCUT2D eigenvalue weighted by Crippen LogP contribution is -2.39. The molecule has 5 heteroatoms. The van der Waals surface area contributed by atoms with Crippen molar-refractivity contribution in [3.63, 3.8) is 0 Å². The van der Waals surface area contributed by atoms with Crippen molar-refractivity contribution in [2.75, 3.05) is 13.7 Å². The maximum atomic E-state index is 11.9. The normalized spacial score (nSPS) is 10.9. The van der Waals surface area contributed by atoms with Crippen LogP contribution in [0.1, 0.15) is 29.8 Å². The van der Waals surface area contributed by atoms with Gasteiger partial charge in [0.05, 0.1) is 18.1 Å². The molecule has 1 amide bonds. The zero-order valence-electron chi connectivity index (χ0n) is 11.6. The lowest BCUT2D eigenvalue weighted by Gasteiger charge is -2.21. The Bertz CT molecular complexity index is 494.